The second-order valence-electron chi connectivity index (χ2n) is 9.50. The molecule has 0 radical (unpaired) electrons. The number of aromatic carboxylic acids is 1. The minimum absolute atomic E-state index is 0.0114. The van der Waals surface area contributed by atoms with E-state index in [1.54, 1.807) is 6.92 Å². The predicted octanol–water partition coefficient (Wildman–Crippen LogP) is 1.74. The van der Waals surface area contributed by atoms with Gasteiger partial charge in [-0.15, -0.1) is 0 Å². The fraction of sp³-hybridized carbons (Fsp3) is 0.520. The molecule has 0 bridgehead atoms. The molecule has 0 unspecified atom stereocenters. The molecule has 5 atom stereocenters. The Labute approximate surface area is 202 Å². The second kappa shape index (κ2) is 10.1. The molecule has 0 aliphatic carbocycles. The van der Waals surface area contributed by atoms with Gasteiger partial charge in [-0.25, -0.2) is 4.79 Å². The zero-order valence-electron chi connectivity index (χ0n) is 20.1. The minimum atomic E-state index is -1.95. The molecule has 1 heterocycles. The normalized spacial score (nSPS) is 26.8. The first-order valence-electron chi connectivity index (χ1n) is 11.4. The maximum Gasteiger partial charge on any atom is 0.335 e. The van der Waals surface area contributed by atoms with Crippen molar-refractivity contribution in [2.24, 2.45) is 5.92 Å². The third-order valence-electron chi connectivity index (χ3n) is 6.47. The molecule has 0 aromatic heterocycles. The lowest BCUT2D eigenvalue weighted by Gasteiger charge is -2.48. The Morgan fingerprint density at radius 3 is 2.40 bits per heavy atom. The second-order valence-corrected chi connectivity index (χ2v) is 9.50. The Bertz CT molecular complexity index is 1120. The van der Waals surface area contributed by atoms with E-state index in [9.17, 15) is 40.2 Å². The van der Waals surface area contributed by atoms with Crippen molar-refractivity contribution in [3.05, 3.63) is 34.9 Å². The third kappa shape index (κ3) is 4.98. The lowest BCUT2D eigenvalue weighted by atomic mass is 9.79. The van der Waals surface area contributed by atoms with Gasteiger partial charge in [0.25, 0.3) is 0 Å². The number of carbonyl (C=O) groups excluding carboxylic acids is 1. The van der Waals surface area contributed by atoms with E-state index in [-0.39, 0.29) is 40.0 Å². The quantitative estimate of drug-likeness (QED) is 0.298. The Kier molecular flexibility index (Phi) is 7.73. The molecule has 1 aliphatic rings. The van der Waals surface area contributed by atoms with Crippen LogP contribution in [0, 0.1) is 12.8 Å². The van der Waals surface area contributed by atoms with Crippen molar-refractivity contribution in [2.45, 2.75) is 70.7 Å². The van der Waals surface area contributed by atoms with Gasteiger partial charge < -0.3 is 40.1 Å². The summed E-state index contributed by atoms with van der Waals surface area (Å²) in [5.74, 6) is -2.19. The number of benzene rings is 2. The molecule has 0 spiro atoms. The van der Waals surface area contributed by atoms with E-state index in [0.717, 1.165) is 6.07 Å². The van der Waals surface area contributed by atoms with Crippen LogP contribution in [0.25, 0.3) is 10.8 Å². The van der Waals surface area contributed by atoms with Crippen molar-refractivity contribution < 1.29 is 49.7 Å². The standard InChI is InChI=1S/C25H32O10/c1-11(2)5-6-25(33)17(10-26)35-24(21(29)22(25)30)34-16-9-15(23(31)32)8-14-7-12(3)18(13(4)27)20(28)19(14)16/h7-9,11,17,21-22,24,26,28-30,33H,5-6,10H2,1-4H3,(H,31,32)/t17-,21-,22-,24+,25-/m1/s1. The van der Waals surface area contributed by atoms with Gasteiger partial charge in [0.1, 0.15) is 35.4 Å². The van der Waals surface area contributed by atoms with Crippen molar-refractivity contribution in [3.8, 4) is 11.5 Å². The van der Waals surface area contributed by atoms with Gasteiger partial charge in [0, 0.05) is 0 Å². The first-order valence-corrected chi connectivity index (χ1v) is 11.4. The first kappa shape index (κ1) is 26.8. The topological polar surface area (TPSA) is 174 Å². The molecule has 0 amide bonds. The average molecular weight is 493 g/mol. The number of Topliss-reactive ketones (excluding diaryl/α,β-unsaturated/α-hetero) is 1. The smallest absolute Gasteiger partial charge is 0.335 e. The van der Waals surface area contributed by atoms with Crippen LogP contribution in [0.1, 0.15) is 59.9 Å². The van der Waals surface area contributed by atoms with Crippen LogP contribution in [0.5, 0.6) is 11.5 Å². The molecule has 1 aliphatic heterocycles. The molecular formula is C25H32O10. The number of phenolic OH excluding ortho intramolecular Hbond substituents is 1. The SMILES string of the molecule is CC(=O)c1c(C)cc2cc(C(=O)O)cc(O[C@H]3O[C@H](CO)[C@](O)(CCC(C)C)[C@H](O)[C@H]3O)c2c1O. The molecule has 3 rings (SSSR count). The number of rotatable bonds is 8. The Morgan fingerprint density at radius 1 is 1.20 bits per heavy atom. The molecular weight excluding hydrogens is 460 g/mol. The van der Waals surface area contributed by atoms with E-state index < -0.39 is 54.3 Å². The van der Waals surface area contributed by atoms with Crippen LogP contribution >= 0.6 is 0 Å². The summed E-state index contributed by atoms with van der Waals surface area (Å²) >= 11 is 0. The number of aromatic hydroxyl groups is 1. The van der Waals surface area contributed by atoms with Crippen molar-refractivity contribution >= 4 is 22.5 Å². The van der Waals surface area contributed by atoms with Crippen LogP contribution in [0.4, 0.5) is 0 Å². The van der Waals surface area contributed by atoms with Crippen LogP contribution in [0.15, 0.2) is 18.2 Å². The van der Waals surface area contributed by atoms with Gasteiger partial charge in [0.2, 0.25) is 6.29 Å². The fourth-order valence-electron chi connectivity index (χ4n) is 4.53. The number of aliphatic hydroxyl groups is 4. The van der Waals surface area contributed by atoms with E-state index in [1.165, 1.54) is 19.1 Å². The van der Waals surface area contributed by atoms with E-state index in [4.69, 9.17) is 9.47 Å². The number of carboxylic acids is 1. The molecule has 2 aromatic rings. The number of aryl methyl sites for hydroxylation is 1. The first-order chi connectivity index (χ1) is 16.3. The summed E-state index contributed by atoms with van der Waals surface area (Å²) in [6.07, 6.45) is -5.95. The molecule has 0 saturated carbocycles. The Balaban J connectivity index is 2.08. The lowest BCUT2D eigenvalue weighted by Crippen LogP contribution is -2.67. The van der Waals surface area contributed by atoms with Crippen molar-refractivity contribution in [1.82, 2.24) is 0 Å². The summed E-state index contributed by atoms with van der Waals surface area (Å²) in [6.45, 7) is 6.01. The van der Waals surface area contributed by atoms with Gasteiger partial charge in [-0.05, 0) is 55.7 Å². The summed E-state index contributed by atoms with van der Waals surface area (Å²) in [4.78, 5) is 23.8. The molecule has 10 nitrogen and oxygen atoms in total. The highest BCUT2D eigenvalue weighted by atomic mass is 16.7. The van der Waals surface area contributed by atoms with Crippen LogP contribution in [0.2, 0.25) is 0 Å². The molecule has 1 saturated heterocycles. The number of phenols is 1. The molecule has 1 fully saturated rings. The van der Waals surface area contributed by atoms with E-state index >= 15 is 0 Å². The largest absolute Gasteiger partial charge is 0.506 e. The number of hydrogen-bond acceptors (Lipinski definition) is 9. The number of ketones is 1. The minimum Gasteiger partial charge on any atom is -0.506 e. The van der Waals surface area contributed by atoms with Crippen LogP contribution in [-0.2, 0) is 4.74 Å². The summed E-state index contributed by atoms with van der Waals surface area (Å²) < 4.78 is 11.4. The number of carbonyl (C=O) groups is 2. The van der Waals surface area contributed by atoms with Crippen LogP contribution in [0.3, 0.4) is 0 Å². The van der Waals surface area contributed by atoms with Gasteiger partial charge in [-0.3, -0.25) is 4.79 Å². The average Bonchev–Trinajstić information content (AvgIpc) is 2.77. The number of hydrogen-bond donors (Lipinski definition) is 6. The number of aliphatic hydroxyl groups excluding tert-OH is 3. The monoisotopic (exact) mass is 492 g/mol. The summed E-state index contributed by atoms with van der Waals surface area (Å²) in [5.41, 5.74) is -1.70. The maximum absolute atomic E-state index is 12.1. The Hall–Kier alpha value is -2.76. The number of fused-ring (bicyclic) bond motifs is 1. The molecule has 35 heavy (non-hydrogen) atoms. The fourth-order valence-corrected chi connectivity index (χ4v) is 4.53. The summed E-state index contributed by atoms with van der Waals surface area (Å²) in [5, 5.41) is 63.1. The van der Waals surface area contributed by atoms with Gasteiger partial charge in [0.15, 0.2) is 5.78 Å². The van der Waals surface area contributed by atoms with Gasteiger partial charge >= 0.3 is 5.97 Å². The van der Waals surface area contributed by atoms with Gasteiger partial charge in [-0.1, -0.05) is 19.9 Å². The Morgan fingerprint density at radius 2 is 1.86 bits per heavy atom. The number of ether oxygens (including phenoxy) is 2. The molecule has 6 N–H and O–H groups in total. The zero-order valence-corrected chi connectivity index (χ0v) is 20.1. The lowest BCUT2D eigenvalue weighted by molar-refractivity contribution is -0.315. The third-order valence-corrected chi connectivity index (χ3v) is 6.47. The van der Waals surface area contributed by atoms with E-state index in [2.05, 4.69) is 0 Å². The highest BCUT2D eigenvalue weighted by Crippen LogP contribution is 2.41. The highest BCUT2D eigenvalue weighted by Gasteiger charge is 2.55. The molecule has 2 aromatic carbocycles. The highest BCUT2D eigenvalue weighted by molar-refractivity contribution is 6.08. The van der Waals surface area contributed by atoms with Crippen molar-refractivity contribution in [1.29, 1.82) is 0 Å². The van der Waals surface area contributed by atoms with Gasteiger partial charge in [-0.2, -0.15) is 0 Å². The summed E-state index contributed by atoms with van der Waals surface area (Å²) in [7, 11) is 0. The predicted molar refractivity (Wildman–Crippen MR) is 125 cm³/mol. The van der Waals surface area contributed by atoms with Crippen molar-refractivity contribution in [3.63, 3.8) is 0 Å². The zero-order chi connectivity index (χ0) is 26.2. The van der Waals surface area contributed by atoms with E-state index in [0.29, 0.717) is 12.0 Å². The van der Waals surface area contributed by atoms with E-state index in [1.807, 2.05) is 13.8 Å². The maximum atomic E-state index is 12.1. The van der Waals surface area contributed by atoms with Crippen LogP contribution in [-0.4, -0.2) is 79.2 Å². The van der Waals surface area contributed by atoms with Crippen LogP contribution < -0.4 is 4.74 Å². The van der Waals surface area contributed by atoms with Gasteiger partial charge in [0.05, 0.1) is 23.1 Å². The number of carboxylic acid groups (broad SMARTS) is 1. The van der Waals surface area contributed by atoms with Crippen molar-refractivity contribution in [2.75, 3.05) is 6.61 Å². The summed E-state index contributed by atoms with van der Waals surface area (Å²) in [6, 6.07) is 3.92. The molecule has 10 heteroatoms. The molecule has 192 valence electrons.